The van der Waals surface area contributed by atoms with Gasteiger partial charge in [0.1, 0.15) is 0 Å². The van der Waals surface area contributed by atoms with Crippen molar-refractivity contribution in [3.05, 3.63) is 35.4 Å². The lowest BCUT2D eigenvalue weighted by Gasteiger charge is -2.35. The van der Waals surface area contributed by atoms with Gasteiger partial charge in [0.2, 0.25) is 11.8 Å². The SMILES string of the molecule is Cc1ccccc1CC(=O)N1CCN(C(=O)C2CC23CCNCC3)CC1.Cl. The van der Waals surface area contributed by atoms with E-state index >= 15 is 0 Å². The first-order valence-electron chi connectivity index (χ1n) is 9.91. The van der Waals surface area contributed by atoms with Crippen molar-refractivity contribution in [3.8, 4) is 0 Å². The number of halogens is 1. The Morgan fingerprint density at radius 2 is 1.70 bits per heavy atom. The van der Waals surface area contributed by atoms with Crippen LogP contribution < -0.4 is 5.32 Å². The van der Waals surface area contributed by atoms with Crippen LogP contribution in [0.2, 0.25) is 0 Å². The molecule has 1 atom stereocenters. The van der Waals surface area contributed by atoms with Crippen molar-refractivity contribution in [2.75, 3.05) is 39.3 Å². The molecule has 1 saturated carbocycles. The summed E-state index contributed by atoms with van der Waals surface area (Å²) in [6.07, 6.45) is 3.80. The van der Waals surface area contributed by atoms with Gasteiger partial charge in [-0.2, -0.15) is 0 Å². The lowest BCUT2D eigenvalue weighted by atomic mass is 9.91. The van der Waals surface area contributed by atoms with Gasteiger partial charge in [0.05, 0.1) is 6.42 Å². The van der Waals surface area contributed by atoms with Gasteiger partial charge < -0.3 is 15.1 Å². The van der Waals surface area contributed by atoms with E-state index in [9.17, 15) is 9.59 Å². The maximum absolute atomic E-state index is 12.8. The molecule has 27 heavy (non-hydrogen) atoms. The van der Waals surface area contributed by atoms with Crippen LogP contribution in [0.15, 0.2) is 24.3 Å². The highest BCUT2D eigenvalue weighted by atomic mass is 35.5. The topological polar surface area (TPSA) is 52.7 Å². The van der Waals surface area contributed by atoms with Crippen molar-refractivity contribution < 1.29 is 9.59 Å². The summed E-state index contributed by atoms with van der Waals surface area (Å²) in [5, 5.41) is 3.39. The molecule has 3 fully saturated rings. The summed E-state index contributed by atoms with van der Waals surface area (Å²) in [5.41, 5.74) is 2.55. The highest BCUT2D eigenvalue weighted by molar-refractivity contribution is 5.85. The molecule has 5 nitrogen and oxygen atoms in total. The number of nitrogens with zero attached hydrogens (tertiary/aromatic N) is 2. The minimum Gasteiger partial charge on any atom is -0.339 e. The maximum Gasteiger partial charge on any atom is 0.227 e. The molecule has 6 heteroatoms. The van der Waals surface area contributed by atoms with Crippen LogP contribution >= 0.6 is 12.4 Å². The van der Waals surface area contributed by atoms with Gasteiger partial charge in [-0.1, -0.05) is 24.3 Å². The van der Waals surface area contributed by atoms with Gasteiger partial charge in [-0.3, -0.25) is 9.59 Å². The molecule has 2 aliphatic heterocycles. The third-order valence-electron chi connectivity index (χ3n) is 6.63. The van der Waals surface area contributed by atoms with E-state index in [4.69, 9.17) is 0 Å². The molecule has 1 spiro atoms. The molecule has 4 rings (SSSR count). The predicted molar refractivity (Wildman–Crippen MR) is 108 cm³/mol. The zero-order chi connectivity index (χ0) is 18.1. The molecule has 2 amide bonds. The average Bonchev–Trinajstić information content (AvgIpc) is 3.36. The molecule has 0 bridgehead atoms. The largest absolute Gasteiger partial charge is 0.339 e. The molecule has 2 saturated heterocycles. The van der Waals surface area contributed by atoms with E-state index in [2.05, 4.69) is 5.32 Å². The van der Waals surface area contributed by atoms with Gasteiger partial charge in [-0.25, -0.2) is 0 Å². The highest BCUT2D eigenvalue weighted by Crippen LogP contribution is 2.59. The number of hydrogen-bond donors (Lipinski definition) is 1. The summed E-state index contributed by atoms with van der Waals surface area (Å²) in [4.78, 5) is 29.4. The fourth-order valence-corrected chi connectivity index (χ4v) is 4.65. The van der Waals surface area contributed by atoms with E-state index in [0.717, 1.165) is 43.5 Å². The molecule has 1 aromatic rings. The number of rotatable bonds is 3. The number of piperidine rings is 1. The summed E-state index contributed by atoms with van der Waals surface area (Å²) in [6, 6.07) is 8.06. The Bertz CT molecular complexity index is 694. The fourth-order valence-electron chi connectivity index (χ4n) is 4.65. The Hall–Kier alpha value is -1.59. The minimum absolute atomic E-state index is 0. The first-order valence-corrected chi connectivity index (χ1v) is 9.91. The molecule has 3 aliphatic rings. The lowest BCUT2D eigenvalue weighted by Crippen LogP contribution is -2.51. The Morgan fingerprint density at radius 1 is 1.07 bits per heavy atom. The number of nitrogens with one attached hydrogen (secondary N) is 1. The first-order chi connectivity index (χ1) is 12.6. The normalized spacial score (nSPS) is 23.7. The molecule has 1 unspecified atom stereocenters. The van der Waals surface area contributed by atoms with E-state index in [1.807, 2.05) is 41.0 Å². The van der Waals surface area contributed by atoms with Crippen molar-refractivity contribution in [2.45, 2.75) is 32.6 Å². The fraction of sp³-hybridized carbons (Fsp3) is 0.619. The summed E-state index contributed by atoms with van der Waals surface area (Å²) in [6.45, 7) is 6.84. The third kappa shape index (κ3) is 4.14. The van der Waals surface area contributed by atoms with Crippen LogP contribution in [0.5, 0.6) is 0 Å². The highest BCUT2D eigenvalue weighted by Gasteiger charge is 2.58. The molecule has 2 heterocycles. The van der Waals surface area contributed by atoms with Crippen molar-refractivity contribution in [2.24, 2.45) is 11.3 Å². The Morgan fingerprint density at radius 3 is 2.37 bits per heavy atom. The minimum atomic E-state index is 0. The van der Waals surface area contributed by atoms with Gasteiger partial charge in [0.25, 0.3) is 0 Å². The molecule has 0 radical (unpaired) electrons. The zero-order valence-electron chi connectivity index (χ0n) is 16.1. The van der Waals surface area contributed by atoms with Gasteiger partial charge in [-0.05, 0) is 55.8 Å². The summed E-state index contributed by atoms with van der Waals surface area (Å²) in [5.74, 6) is 0.740. The van der Waals surface area contributed by atoms with Crippen molar-refractivity contribution in [1.82, 2.24) is 15.1 Å². The number of carbonyl (C=O) groups is 2. The third-order valence-corrected chi connectivity index (χ3v) is 6.63. The van der Waals surface area contributed by atoms with Crippen LogP contribution in [0.25, 0.3) is 0 Å². The van der Waals surface area contributed by atoms with E-state index < -0.39 is 0 Å². The Kier molecular flexibility index (Phi) is 6.11. The molecular weight excluding hydrogens is 362 g/mol. The number of carbonyl (C=O) groups excluding carboxylic acids is 2. The number of aryl methyl sites for hydroxylation is 1. The molecule has 0 aromatic heterocycles. The number of hydrogen-bond acceptors (Lipinski definition) is 3. The van der Waals surface area contributed by atoms with Crippen molar-refractivity contribution >= 4 is 24.2 Å². The number of piperazine rings is 1. The van der Waals surface area contributed by atoms with Gasteiger partial charge in [0, 0.05) is 32.1 Å². The van der Waals surface area contributed by atoms with Crippen molar-refractivity contribution in [3.63, 3.8) is 0 Å². The lowest BCUT2D eigenvalue weighted by molar-refractivity contribution is -0.140. The number of benzene rings is 1. The van der Waals surface area contributed by atoms with Crippen molar-refractivity contribution in [1.29, 1.82) is 0 Å². The molecule has 1 aliphatic carbocycles. The summed E-state index contributed by atoms with van der Waals surface area (Å²) < 4.78 is 0. The Balaban J connectivity index is 0.00000210. The summed E-state index contributed by atoms with van der Waals surface area (Å²) in [7, 11) is 0. The second-order valence-corrected chi connectivity index (χ2v) is 8.18. The van der Waals surface area contributed by atoms with Gasteiger partial charge in [0.15, 0.2) is 0 Å². The van der Waals surface area contributed by atoms with E-state index in [1.54, 1.807) is 0 Å². The van der Waals surface area contributed by atoms with Crippen LogP contribution in [0.4, 0.5) is 0 Å². The van der Waals surface area contributed by atoms with E-state index in [1.165, 1.54) is 0 Å². The standard InChI is InChI=1S/C21H29N3O2.ClH/c1-16-4-2-3-5-17(16)14-19(25)23-10-12-24(13-11-23)20(26)18-15-21(18)6-8-22-9-7-21;/h2-5,18,22H,6-15H2,1H3;1H. The molecule has 148 valence electrons. The first kappa shape index (κ1) is 20.2. The average molecular weight is 392 g/mol. The van der Waals surface area contributed by atoms with Gasteiger partial charge >= 0.3 is 0 Å². The number of amides is 2. The second kappa shape index (κ2) is 8.19. The van der Waals surface area contributed by atoms with Crippen LogP contribution in [-0.2, 0) is 16.0 Å². The molecule has 1 N–H and O–H groups in total. The molecule has 1 aromatic carbocycles. The monoisotopic (exact) mass is 391 g/mol. The van der Waals surface area contributed by atoms with Crippen LogP contribution in [-0.4, -0.2) is 60.9 Å². The van der Waals surface area contributed by atoms with E-state index in [-0.39, 0.29) is 24.2 Å². The van der Waals surface area contributed by atoms with Crippen LogP contribution in [0.1, 0.15) is 30.4 Å². The van der Waals surface area contributed by atoms with Crippen LogP contribution in [0, 0.1) is 18.3 Å². The Labute approximate surface area is 167 Å². The quantitative estimate of drug-likeness (QED) is 0.857. The second-order valence-electron chi connectivity index (χ2n) is 8.18. The summed E-state index contributed by atoms with van der Waals surface area (Å²) >= 11 is 0. The van der Waals surface area contributed by atoms with Crippen LogP contribution in [0.3, 0.4) is 0 Å². The predicted octanol–water partition coefficient (Wildman–Crippen LogP) is 2.02. The smallest absolute Gasteiger partial charge is 0.227 e. The molecular formula is C21H30ClN3O2. The zero-order valence-corrected chi connectivity index (χ0v) is 16.9. The van der Waals surface area contributed by atoms with E-state index in [0.29, 0.717) is 43.9 Å². The van der Waals surface area contributed by atoms with Gasteiger partial charge in [-0.15, -0.1) is 12.4 Å². The maximum atomic E-state index is 12.8.